The van der Waals surface area contributed by atoms with Gasteiger partial charge in [0.2, 0.25) is 0 Å². The number of carbonyl (C=O) groups is 2. The van der Waals surface area contributed by atoms with Crippen molar-refractivity contribution >= 4 is 35.1 Å². The molecule has 0 spiro atoms. The summed E-state index contributed by atoms with van der Waals surface area (Å²) >= 11 is 8.32. The summed E-state index contributed by atoms with van der Waals surface area (Å²) in [5, 5.41) is 31.3. The Morgan fingerprint density at radius 1 is 1.26 bits per heavy atom. The Labute approximate surface area is 211 Å². The number of aliphatic carboxylic acids is 1. The van der Waals surface area contributed by atoms with Crippen LogP contribution in [0.5, 0.6) is 0 Å². The molecule has 0 saturated heterocycles. The van der Waals surface area contributed by atoms with E-state index in [0.717, 1.165) is 9.94 Å². The van der Waals surface area contributed by atoms with E-state index >= 15 is 0 Å². The largest absolute Gasteiger partial charge is 0.481 e. The highest BCUT2D eigenvalue weighted by Crippen LogP contribution is 2.48. The first-order chi connectivity index (χ1) is 16.1. The monoisotopic (exact) mass is 506 g/mol. The topological polar surface area (TPSA) is 94.8 Å². The van der Waals surface area contributed by atoms with E-state index in [4.69, 9.17) is 16.7 Å². The third-order valence-electron chi connectivity index (χ3n) is 7.00. The lowest BCUT2D eigenvalue weighted by atomic mass is 9.86. The van der Waals surface area contributed by atoms with Gasteiger partial charge in [-0.3, -0.25) is 9.59 Å². The van der Waals surface area contributed by atoms with Crippen molar-refractivity contribution in [1.29, 1.82) is 0 Å². The van der Waals surface area contributed by atoms with E-state index < -0.39 is 23.6 Å². The molecule has 1 aliphatic heterocycles. The van der Waals surface area contributed by atoms with Gasteiger partial charge in [0.15, 0.2) is 0 Å². The summed E-state index contributed by atoms with van der Waals surface area (Å²) in [6.45, 7) is 3.53. The van der Waals surface area contributed by atoms with Crippen molar-refractivity contribution in [2.45, 2.75) is 69.8 Å². The van der Waals surface area contributed by atoms with Gasteiger partial charge in [0.25, 0.3) is 0 Å². The second-order valence-electron chi connectivity index (χ2n) is 9.85. The fourth-order valence-corrected chi connectivity index (χ4v) is 6.75. The third kappa shape index (κ3) is 6.34. The SMILES string of the molecule is CC1(C)C(=O)[C@H](C/C=C\CCCC(=O)O)C(/C=C/C(O)CCC2=C(Cl)C3C=CC=CC3S2)[C@@H]1O. The summed E-state index contributed by atoms with van der Waals surface area (Å²) in [5.41, 5.74) is -0.849. The van der Waals surface area contributed by atoms with Crippen LogP contribution in [0.1, 0.15) is 52.4 Å². The quantitative estimate of drug-likeness (QED) is 0.257. The van der Waals surface area contributed by atoms with Crippen molar-refractivity contribution in [3.05, 3.63) is 58.5 Å². The molecule has 0 aromatic rings. The van der Waals surface area contributed by atoms with Gasteiger partial charge in [-0.15, -0.1) is 11.8 Å². The van der Waals surface area contributed by atoms with Crippen molar-refractivity contribution in [1.82, 2.24) is 0 Å². The highest BCUT2D eigenvalue weighted by molar-refractivity contribution is 8.04. The van der Waals surface area contributed by atoms with E-state index in [0.29, 0.717) is 37.4 Å². The first kappa shape index (κ1) is 27.0. The molecule has 0 radical (unpaired) electrons. The molecular weight excluding hydrogens is 472 g/mol. The maximum Gasteiger partial charge on any atom is 0.303 e. The molecule has 0 bridgehead atoms. The summed E-state index contributed by atoms with van der Waals surface area (Å²) in [6.07, 6.45) is 17.1. The van der Waals surface area contributed by atoms with Crippen LogP contribution in [-0.2, 0) is 9.59 Å². The number of aliphatic hydroxyl groups is 2. The first-order valence-electron chi connectivity index (χ1n) is 12.0. The van der Waals surface area contributed by atoms with Gasteiger partial charge in [0.05, 0.1) is 17.6 Å². The minimum absolute atomic E-state index is 0.0160. The molecule has 3 N–H and O–H groups in total. The summed E-state index contributed by atoms with van der Waals surface area (Å²) in [4.78, 5) is 24.7. The minimum Gasteiger partial charge on any atom is -0.481 e. The van der Waals surface area contributed by atoms with Gasteiger partial charge in [0, 0.05) is 39.4 Å². The summed E-state index contributed by atoms with van der Waals surface area (Å²) in [7, 11) is 0. The Hall–Kier alpha value is -1.60. The lowest BCUT2D eigenvalue weighted by Gasteiger charge is -2.22. The number of hydrogen-bond donors (Lipinski definition) is 3. The molecule has 7 heteroatoms. The molecule has 0 aromatic heterocycles. The standard InChI is InChI=1S/C27H35ClO5S/c1-27(2)25(32)18(9-5-3-4-6-12-23(30)31)19(26(27)33)15-13-17(29)14-16-22-24(28)20-10-7-8-11-21(20)34-22/h3,5,7-8,10-11,13,15,17-21,26,29,33H,4,6,9,12,14,16H2,1-2H3,(H,30,31)/b5-3-,15-13+/t17?,18-,19?,20?,21?,26+/m1/s1. The predicted octanol–water partition coefficient (Wildman–Crippen LogP) is 5.40. The molecule has 1 fully saturated rings. The molecule has 1 saturated carbocycles. The van der Waals surface area contributed by atoms with E-state index in [1.165, 1.54) is 0 Å². The molecule has 3 aliphatic rings. The third-order valence-corrected chi connectivity index (χ3v) is 9.03. The molecule has 3 rings (SSSR count). The van der Waals surface area contributed by atoms with Crippen molar-refractivity contribution in [3.63, 3.8) is 0 Å². The van der Waals surface area contributed by atoms with E-state index in [1.54, 1.807) is 37.8 Å². The Morgan fingerprint density at radius 3 is 2.71 bits per heavy atom. The Balaban J connectivity index is 1.56. The first-order valence-corrected chi connectivity index (χ1v) is 13.2. The van der Waals surface area contributed by atoms with Crippen molar-refractivity contribution in [3.8, 4) is 0 Å². The summed E-state index contributed by atoms with van der Waals surface area (Å²) in [6, 6.07) is 0. The van der Waals surface area contributed by atoms with Gasteiger partial charge in [-0.1, -0.05) is 74.1 Å². The lowest BCUT2D eigenvalue weighted by Crippen LogP contribution is -2.31. The van der Waals surface area contributed by atoms with Crippen LogP contribution >= 0.6 is 23.4 Å². The molecule has 34 heavy (non-hydrogen) atoms. The number of carboxylic acid groups (broad SMARTS) is 1. The smallest absolute Gasteiger partial charge is 0.303 e. The van der Waals surface area contributed by atoms with Crippen LogP contribution in [-0.4, -0.2) is 44.5 Å². The zero-order chi connectivity index (χ0) is 24.9. The number of carboxylic acids is 1. The summed E-state index contributed by atoms with van der Waals surface area (Å²) in [5.74, 6) is -1.32. The maximum absolute atomic E-state index is 13.0. The van der Waals surface area contributed by atoms with Crippen molar-refractivity contribution < 1.29 is 24.9 Å². The maximum atomic E-state index is 13.0. The highest BCUT2D eigenvalue weighted by atomic mass is 35.5. The Kier molecular flexibility index (Phi) is 9.44. The highest BCUT2D eigenvalue weighted by Gasteiger charge is 2.52. The van der Waals surface area contributed by atoms with E-state index in [1.807, 2.05) is 24.3 Å². The second kappa shape index (κ2) is 11.9. The van der Waals surface area contributed by atoms with Gasteiger partial charge in [-0.05, 0) is 32.1 Å². The molecule has 0 aromatic carbocycles. The number of fused-ring (bicyclic) bond motifs is 1. The zero-order valence-corrected chi connectivity index (χ0v) is 21.3. The van der Waals surface area contributed by atoms with Crippen LogP contribution in [0.4, 0.5) is 0 Å². The minimum atomic E-state index is -0.849. The van der Waals surface area contributed by atoms with Gasteiger partial charge in [-0.2, -0.15) is 0 Å². The molecular formula is C27H35ClO5S. The number of hydrogen-bond acceptors (Lipinski definition) is 5. The van der Waals surface area contributed by atoms with E-state index in [2.05, 4.69) is 12.2 Å². The van der Waals surface area contributed by atoms with Crippen LogP contribution in [0.15, 0.2) is 58.5 Å². The summed E-state index contributed by atoms with van der Waals surface area (Å²) < 4.78 is 0. The number of unbranched alkanes of at least 4 members (excludes halogenated alkanes) is 1. The number of allylic oxidation sites excluding steroid dienone is 7. The van der Waals surface area contributed by atoms with Gasteiger partial charge in [0.1, 0.15) is 5.78 Å². The average Bonchev–Trinajstić information content (AvgIpc) is 3.20. The van der Waals surface area contributed by atoms with Crippen LogP contribution in [0.25, 0.3) is 0 Å². The number of halogens is 1. The number of aliphatic hydroxyl groups excluding tert-OH is 2. The van der Waals surface area contributed by atoms with E-state index in [-0.39, 0.29) is 30.0 Å². The van der Waals surface area contributed by atoms with E-state index in [9.17, 15) is 19.8 Å². The molecule has 6 atom stereocenters. The number of Topliss-reactive ketones (excluding diaryl/α,β-unsaturated/α-hetero) is 1. The Morgan fingerprint density at radius 2 is 2.00 bits per heavy atom. The Bertz CT molecular complexity index is 916. The van der Waals surface area contributed by atoms with Crippen molar-refractivity contribution in [2.75, 3.05) is 0 Å². The zero-order valence-electron chi connectivity index (χ0n) is 19.8. The molecule has 2 aliphatic carbocycles. The van der Waals surface area contributed by atoms with Crippen LogP contribution in [0.2, 0.25) is 0 Å². The number of ketones is 1. The molecule has 186 valence electrons. The molecule has 0 amide bonds. The molecule has 5 nitrogen and oxygen atoms in total. The van der Waals surface area contributed by atoms with Gasteiger partial charge < -0.3 is 15.3 Å². The van der Waals surface area contributed by atoms with Crippen molar-refractivity contribution in [2.24, 2.45) is 23.2 Å². The normalized spacial score (nSPS) is 31.2. The fourth-order valence-electron chi connectivity index (χ4n) is 4.88. The lowest BCUT2D eigenvalue weighted by molar-refractivity contribution is -0.137. The molecule has 1 heterocycles. The number of rotatable bonds is 11. The second-order valence-corrected chi connectivity index (χ2v) is 11.5. The van der Waals surface area contributed by atoms with Crippen LogP contribution in [0.3, 0.4) is 0 Å². The van der Waals surface area contributed by atoms with Crippen LogP contribution < -0.4 is 0 Å². The van der Waals surface area contributed by atoms with Gasteiger partial charge >= 0.3 is 5.97 Å². The van der Waals surface area contributed by atoms with Crippen LogP contribution in [0, 0.1) is 23.2 Å². The van der Waals surface area contributed by atoms with Gasteiger partial charge in [-0.25, -0.2) is 0 Å². The number of carbonyl (C=O) groups excluding carboxylic acids is 1. The fraction of sp³-hybridized carbons (Fsp3) is 0.556. The predicted molar refractivity (Wildman–Crippen MR) is 137 cm³/mol. The number of thioether (sulfide) groups is 1. The molecule has 4 unspecified atom stereocenters. The average molecular weight is 507 g/mol.